The smallest absolute Gasteiger partial charge is 0.184 e. The minimum atomic E-state index is -0.980. The minimum absolute atomic E-state index is 0.163. The Kier molecular flexibility index (Phi) is 3.68. The molecule has 14 heavy (non-hydrogen) atoms. The molecular weight excluding hydrogens is 186 g/mol. The number of nitrogens with two attached hydrogens (primary N) is 1. The van der Waals surface area contributed by atoms with Crippen LogP contribution in [0.25, 0.3) is 0 Å². The van der Waals surface area contributed by atoms with E-state index in [-0.39, 0.29) is 11.4 Å². The van der Waals surface area contributed by atoms with Crippen molar-refractivity contribution in [2.45, 2.75) is 19.8 Å². The third kappa shape index (κ3) is 2.34. The van der Waals surface area contributed by atoms with E-state index in [1.165, 1.54) is 12.1 Å². The van der Waals surface area contributed by atoms with Gasteiger partial charge in [-0.15, -0.1) is 0 Å². The lowest BCUT2D eigenvalue weighted by molar-refractivity contribution is 0.514. The highest BCUT2D eigenvalue weighted by atomic mass is 19.2. The molecule has 1 aromatic carbocycles. The van der Waals surface area contributed by atoms with Gasteiger partial charge in [-0.25, -0.2) is 8.78 Å². The number of nitrogens with one attached hydrogen (secondary N) is 1. The molecule has 4 heteroatoms. The first-order valence-corrected chi connectivity index (χ1v) is 4.64. The Hall–Kier alpha value is -1.32. The van der Waals surface area contributed by atoms with Crippen LogP contribution < -0.4 is 11.1 Å². The molecule has 0 fully saturated rings. The van der Waals surface area contributed by atoms with E-state index in [9.17, 15) is 8.78 Å². The zero-order valence-electron chi connectivity index (χ0n) is 8.11. The molecule has 0 aromatic heterocycles. The Morgan fingerprint density at radius 1 is 1.29 bits per heavy atom. The first-order chi connectivity index (χ1) is 6.66. The van der Waals surface area contributed by atoms with Crippen molar-refractivity contribution < 1.29 is 8.78 Å². The summed E-state index contributed by atoms with van der Waals surface area (Å²) in [6.45, 7) is 2.67. The van der Waals surface area contributed by atoms with Crippen molar-refractivity contribution in [3.05, 3.63) is 23.8 Å². The van der Waals surface area contributed by atoms with Gasteiger partial charge >= 0.3 is 0 Å². The molecule has 2 nitrogen and oxygen atoms in total. The molecule has 0 amide bonds. The molecule has 0 atom stereocenters. The molecule has 0 aliphatic rings. The number of anilines is 2. The molecule has 3 N–H and O–H groups in total. The predicted molar refractivity (Wildman–Crippen MR) is 54.2 cm³/mol. The summed E-state index contributed by atoms with van der Waals surface area (Å²) in [5.41, 5.74) is 5.21. The van der Waals surface area contributed by atoms with E-state index in [2.05, 4.69) is 5.32 Å². The monoisotopic (exact) mass is 200 g/mol. The van der Waals surface area contributed by atoms with Crippen LogP contribution in [-0.4, -0.2) is 6.54 Å². The van der Waals surface area contributed by atoms with E-state index in [0.29, 0.717) is 6.54 Å². The SMILES string of the molecule is CCCCNc1ccc(N)c(F)c1F. The van der Waals surface area contributed by atoms with Crippen LogP contribution in [0, 0.1) is 11.6 Å². The maximum Gasteiger partial charge on any atom is 0.184 e. The molecule has 0 unspecified atom stereocenters. The fourth-order valence-electron chi connectivity index (χ4n) is 1.10. The average molecular weight is 200 g/mol. The molecule has 0 bridgehead atoms. The molecule has 0 aliphatic heterocycles. The maximum atomic E-state index is 13.2. The van der Waals surface area contributed by atoms with Crippen LogP contribution in [0.1, 0.15) is 19.8 Å². The molecule has 0 aliphatic carbocycles. The van der Waals surface area contributed by atoms with Crippen LogP contribution >= 0.6 is 0 Å². The van der Waals surface area contributed by atoms with Gasteiger partial charge < -0.3 is 11.1 Å². The first kappa shape index (κ1) is 10.8. The summed E-state index contributed by atoms with van der Waals surface area (Å²) in [6, 6.07) is 2.80. The van der Waals surface area contributed by atoms with Crippen LogP contribution in [0.2, 0.25) is 0 Å². The van der Waals surface area contributed by atoms with E-state index < -0.39 is 11.6 Å². The number of halogens is 2. The van der Waals surface area contributed by atoms with Gasteiger partial charge in [0.1, 0.15) is 0 Å². The van der Waals surface area contributed by atoms with Crippen molar-refractivity contribution in [3.63, 3.8) is 0 Å². The first-order valence-electron chi connectivity index (χ1n) is 4.64. The van der Waals surface area contributed by atoms with Gasteiger partial charge in [-0.2, -0.15) is 0 Å². The van der Waals surface area contributed by atoms with Gasteiger partial charge in [0.2, 0.25) is 0 Å². The Balaban J connectivity index is 2.73. The standard InChI is InChI=1S/C10H14F2N2/c1-2-3-6-14-8-5-4-7(13)9(11)10(8)12/h4-5,14H,2-3,6,13H2,1H3. The van der Waals surface area contributed by atoms with E-state index in [1.807, 2.05) is 6.92 Å². The number of benzene rings is 1. The highest BCUT2D eigenvalue weighted by molar-refractivity contribution is 5.53. The summed E-state index contributed by atoms with van der Waals surface area (Å²) in [4.78, 5) is 0. The number of hydrogen-bond acceptors (Lipinski definition) is 2. The van der Waals surface area contributed by atoms with Crippen LogP contribution in [0.5, 0.6) is 0 Å². The van der Waals surface area contributed by atoms with Crippen molar-refractivity contribution in [1.29, 1.82) is 0 Å². The fraction of sp³-hybridized carbons (Fsp3) is 0.400. The van der Waals surface area contributed by atoms with Crippen LogP contribution in [0.4, 0.5) is 20.2 Å². The highest BCUT2D eigenvalue weighted by Crippen LogP contribution is 2.21. The van der Waals surface area contributed by atoms with Gasteiger partial charge in [0.15, 0.2) is 11.6 Å². The van der Waals surface area contributed by atoms with Crippen LogP contribution in [0.15, 0.2) is 12.1 Å². The summed E-state index contributed by atoms with van der Waals surface area (Å²) in [5.74, 6) is -1.88. The lowest BCUT2D eigenvalue weighted by atomic mass is 10.2. The van der Waals surface area contributed by atoms with Crippen LogP contribution in [0.3, 0.4) is 0 Å². The fourth-order valence-corrected chi connectivity index (χ4v) is 1.10. The van der Waals surface area contributed by atoms with Crippen molar-refractivity contribution in [2.24, 2.45) is 0 Å². The molecule has 0 saturated carbocycles. The van der Waals surface area contributed by atoms with Gasteiger partial charge in [0.05, 0.1) is 11.4 Å². The topological polar surface area (TPSA) is 38.0 Å². The van der Waals surface area contributed by atoms with E-state index in [4.69, 9.17) is 5.73 Å². The third-order valence-electron chi connectivity index (χ3n) is 1.96. The average Bonchev–Trinajstić information content (AvgIpc) is 2.18. The second kappa shape index (κ2) is 4.79. The summed E-state index contributed by atoms with van der Waals surface area (Å²) in [6.07, 6.45) is 1.93. The van der Waals surface area contributed by atoms with Crippen LogP contribution in [-0.2, 0) is 0 Å². The number of nitrogen functional groups attached to an aromatic ring is 1. The second-order valence-electron chi connectivity index (χ2n) is 3.11. The number of hydrogen-bond donors (Lipinski definition) is 2. The summed E-state index contributed by atoms with van der Waals surface area (Å²) in [7, 11) is 0. The zero-order chi connectivity index (χ0) is 10.6. The molecule has 78 valence electrons. The van der Waals surface area contributed by atoms with Gasteiger partial charge in [0.25, 0.3) is 0 Å². The van der Waals surface area contributed by atoms with Gasteiger partial charge in [-0.05, 0) is 18.6 Å². The summed E-state index contributed by atoms with van der Waals surface area (Å²) in [5, 5.41) is 2.81. The Labute approximate surface area is 82.1 Å². The Morgan fingerprint density at radius 3 is 2.64 bits per heavy atom. The molecule has 0 saturated heterocycles. The molecule has 1 aromatic rings. The zero-order valence-corrected chi connectivity index (χ0v) is 8.11. The molecule has 1 rings (SSSR count). The maximum absolute atomic E-state index is 13.2. The number of rotatable bonds is 4. The largest absolute Gasteiger partial charge is 0.396 e. The molecular formula is C10H14F2N2. The van der Waals surface area contributed by atoms with Crippen molar-refractivity contribution in [1.82, 2.24) is 0 Å². The molecule has 0 heterocycles. The Morgan fingerprint density at radius 2 is 2.00 bits per heavy atom. The normalized spacial score (nSPS) is 10.2. The van der Waals surface area contributed by atoms with Crippen molar-refractivity contribution >= 4 is 11.4 Å². The molecule has 0 spiro atoms. The Bertz CT molecular complexity index is 313. The molecule has 0 radical (unpaired) electrons. The summed E-state index contributed by atoms with van der Waals surface area (Å²) < 4.78 is 26.1. The summed E-state index contributed by atoms with van der Waals surface area (Å²) >= 11 is 0. The lowest BCUT2D eigenvalue weighted by Crippen LogP contribution is -2.05. The van der Waals surface area contributed by atoms with Gasteiger partial charge in [0, 0.05) is 6.54 Å². The van der Waals surface area contributed by atoms with E-state index >= 15 is 0 Å². The van der Waals surface area contributed by atoms with Gasteiger partial charge in [-0.3, -0.25) is 0 Å². The van der Waals surface area contributed by atoms with E-state index in [1.54, 1.807) is 0 Å². The minimum Gasteiger partial charge on any atom is -0.396 e. The third-order valence-corrected chi connectivity index (χ3v) is 1.96. The number of unbranched alkanes of at least 4 members (excludes halogenated alkanes) is 1. The van der Waals surface area contributed by atoms with Gasteiger partial charge in [-0.1, -0.05) is 13.3 Å². The van der Waals surface area contributed by atoms with E-state index in [0.717, 1.165) is 12.8 Å². The second-order valence-corrected chi connectivity index (χ2v) is 3.11. The highest BCUT2D eigenvalue weighted by Gasteiger charge is 2.10. The van der Waals surface area contributed by atoms with Crippen molar-refractivity contribution in [2.75, 3.05) is 17.6 Å². The lowest BCUT2D eigenvalue weighted by Gasteiger charge is -2.08. The quantitative estimate of drug-likeness (QED) is 0.579. The van der Waals surface area contributed by atoms with Crippen molar-refractivity contribution in [3.8, 4) is 0 Å². The predicted octanol–water partition coefficient (Wildman–Crippen LogP) is 2.76.